The van der Waals surface area contributed by atoms with E-state index in [1.807, 2.05) is 50.2 Å². The van der Waals surface area contributed by atoms with Gasteiger partial charge >= 0.3 is 0 Å². The Balaban J connectivity index is 1.95. The number of anilines is 1. The third-order valence-corrected chi connectivity index (χ3v) is 4.00. The van der Waals surface area contributed by atoms with Crippen molar-refractivity contribution in [3.63, 3.8) is 0 Å². The molecule has 0 fully saturated rings. The lowest BCUT2D eigenvalue weighted by Crippen LogP contribution is -2.34. The molecule has 2 rings (SSSR count). The third-order valence-electron chi connectivity index (χ3n) is 4.00. The molecule has 0 saturated heterocycles. The molecule has 0 unspecified atom stereocenters. The molecule has 1 aromatic carbocycles. The lowest BCUT2D eigenvalue weighted by atomic mass is 10.1. The van der Waals surface area contributed by atoms with E-state index in [1.54, 1.807) is 11.1 Å². The van der Waals surface area contributed by atoms with Crippen molar-refractivity contribution >= 4 is 17.5 Å². The van der Waals surface area contributed by atoms with Crippen LogP contribution in [0, 0.1) is 13.8 Å². The number of nitrogens with one attached hydrogen (secondary N) is 1. The first-order valence-corrected chi connectivity index (χ1v) is 8.00. The van der Waals surface area contributed by atoms with Gasteiger partial charge in [-0.25, -0.2) is 0 Å². The van der Waals surface area contributed by atoms with Crippen LogP contribution in [0.3, 0.4) is 0 Å². The Morgan fingerprint density at radius 1 is 1.12 bits per heavy atom. The number of benzene rings is 1. The number of hydrogen-bond donors (Lipinski definition) is 1. The van der Waals surface area contributed by atoms with E-state index in [0.717, 1.165) is 22.5 Å². The Kier molecular flexibility index (Phi) is 6.07. The van der Waals surface area contributed by atoms with Crippen molar-refractivity contribution < 1.29 is 9.59 Å². The van der Waals surface area contributed by atoms with Gasteiger partial charge in [0, 0.05) is 31.8 Å². The van der Waals surface area contributed by atoms with E-state index in [1.165, 1.54) is 6.92 Å². The van der Waals surface area contributed by atoms with Gasteiger partial charge < -0.3 is 10.2 Å². The number of rotatable bonds is 6. The van der Waals surface area contributed by atoms with Crippen molar-refractivity contribution in [1.29, 1.82) is 0 Å². The molecule has 0 spiro atoms. The molecule has 2 amide bonds. The van der Waals surface area contributed by atoms with Crippen molar-refractivity contribution in [3.8, 4) is 0 Å². The summed E-state index contributed by atoms with van der Waals surface area (Å²) >= 11 is 0. The summed E-state index contributed by atoms with van der Waals surface area (Å²) in [5.74, 6) is -0.168. The maximum Gasteiger partial charge on any atom is 0.223 e. The van der Waals surface area contributed by atoms with Crippen molar-refractivity contribution in [2.45, 2.75) is 33.7 Å². The van der Waals surface area contributed by atoms with Crippen LogP contribution in [0.25, 0.3) is 0 Å². The van der Waals surface area contributed by atoms with Gasteiger partial charge in [0.15, 0.2) is 0 Å². The fraction of sp³-hybridized carbons (Fsp3) is 0.316. The van der Waals surface area contributed by atoms with E-state index in [2.05, 4.69) is 10.3 Å². The predicted molar refractivity (Wildman–Crippen MR) is 94.6 cm³/mol. The minimum absolute atomic E-state index is 0.0683. The molecule has 1 aromatic heterocycles. The van der Waals surface area contributed by atoms with Gasteiger partial charge in [-0.2, -0.15) is 0 Å². The summed E-state index contributed by atoms with van der Waals surface area (Å²) in [6.45, 7) is 6.27. The first-order valence-electron chi connectivity index (χ1n) is 8.00. The zero-order valence-electron chi connectivity index (χ0n) is 14.4. The van der Waals surface area contributed by atoms with E-state index in [4.69, 9.17) is 0 Å². The maximum atomic E-state index is 12.0. The largest absolute Gasteiger partial charge is 0.350 e. The number of hydrogen-bond acceptors (Lipinski definition) is 3. The minimum Gasteiger partial charge on any atom is -0.350 e. The van der Waals surface area contributed by atoms with Crippen LogP contribution in [0.1, 0.15) is 30.2 Å². The molecule has 0 aliphatic heterocycles. The highest BCUT2D eigenvalue weighted by Crippen LogP contribution is 2.23. The second-order valence-corrected chi connectivity index (χ2v) is 5.74. The van der Waals surface area contributed by atoms with Gasteiger partial charge in [0.1, 0.15) is 0 Å². The second kappa shape index (κ2) is 8.24. The number of carbonyl (C=O) groups is 2. The number of pyridine rings is 1. The maximum absolute atomic E-state index is 12.0. The predicted octanol–water partition coefficient (Wildman–Crippen LogP) is 2.76. The van der Waals surface area contributed by atoms with Crippen molar-refractivity contribution in [2.24, 2.45) is 0 Å². The molecule has 1 N–H and O–H groups in total. The van der Waals surface area contributed by atoms with Gasteiger partial charge in [-0.3, -0.25) is 14.6 Å². The van der Waals surface area contributed by atoms with Gasteiger partial charge in [-0.05, 0) is 43.2 Å². The van der Waals surface area contributed by atoms with E-state index in [0.29, 0.717) is 13.1 Å². The average molecular weight is 325 g/mol. The molecule has 1 heterocycles. The fourth-order valence-corrected chi connectivity index (χ4v) is 2.47. The number of carbonyl (C=O) groups excluding carboxylic acids is 2. The highest BCUT2D eigenvalue weighted by molar-refractivity contribution is 5.93. The monoisotopic (exact) mass is 325 g/mol. The fourth-order valence-electron chi connectivity index (χ4n) is 2.47. The first kappa shape index (κ1) is 17.7. The van der Waals surface area contributed by atoms with Gasteiger partial charge in [0.2, 0.25) is 11.8 Å². The van der Waals surface area contributed by atoms with Crippen LogP contribution in [0.5, 0.6) is 0 Å². The highest BCUT2D eigenvalue weighted by Gasteiger charge is 2.16. The first-order chi connectivity index (χ1) is 11.5. The smallest absolute Gasteiger partial charge is 0.223 e. The Bertz CT molecular complexity index is 714. The molecule has 0 aliphatic carbocycles. The van der Waals surface area contributed by atoms with Crippen molar-refractivity contribution in [3.05, 3.63) is 59.4 Å². The molecule has 0 atom stereocenters. The average Bonchev–Trinajstić information content (AvgIpc) is 2.57. The Hall–Kier alpha value is -2.69. The molecule has 2 aromatic rings. The number of nitrogens with zero attached hydrogens (tertiary/aromatic N) is 2. The number of amides is 2. The summed E-state index contributed by atoms with van der Waals surface area (Å²) in [7, 11) is 0. The molecule has 0 bridgehead atoms. The third kappa shape index (κ3) is 4.65. The molecule has 5 nitrogen and oxygen atoms in total. The number of aryl methyl sites for hydroxylation is 1. The highest BCUT2D eigenvalue weighted by atomic mass is 16.2. The minimum atomic E-state index is -0.0998. The van der Waals surface area contributed by atoms with E-state index >= 15 is 0 Å². The van der Waals surface area contributed by atoms with Crippen LogP contribution in [0.15, 0.2) is 42.6 Å². The summed E-state index contributed by atoms with van der Waals surface area (Å²) in [4.78, 5) is 29.9. The zero-order chi connectivity index (χ0) is 17.5. The van der Waals surface area contributed by atoms with Crippen molar-refractivity contribution in [2.75, 3.05) is 11.4 Å². The molecule has 126 valence electrons. The molecule has 0 aliphatic rings. The van der Waals surface area contributed by atoms with Crippen LogP contribution >= 0.6 is 0 Å². The zero-order valence-corrected chi connectivity index (χ0v) is 14.4. The molecular weight excluding hydrogens is 302 g/mol. The van der Waals surface area contributed by atoms with Crippen LogP contribution in [0.2, 0.25) is 0 Å². The molecule has 5 heteroatoms. The van der Waals surface area contributed by atoms with Crippen LogP contribution in [-0.4, -0.2) is 23.3 Å². The van der Waals surface area contributed by atoms with E-state index in [9.17, 15) is 9.59 Å². The molecule has 24 heavy (non-hydrogen) atoms. The lowest BCUT2D eigenvalue weighted by molar-refractivity contribution is -0.121. The Morgan fingerprint density at radius 3 is 2.58 bits per heavy atom. The quantitative estimate of drug-likeness (QED) is 0.888. The number of aromatic nitrogens is 1. The van der Waals surface area contributed by atoms with Crippen LogP contribution in [-0.2, 0) is 16.1 Å². The summed E-state index contributed by atoms with van der Waals surface area (Å²) in [5, 5.41) is 2.83. The van der Waals surface area contributed by atoms with Gasteiger partial charge in [-0.1, -0.05) is 18.2 Å². The summed E-state index contributed by atoms with van der Waals surface area (Å²) in [6.07, 6.45) is 1.94. The Labute approximate surface area is 142 Å². The lowest BCUT2D eigenvalue weighted by Gasteiger charge is -2.23. The van der Waals surface area contributed by atoms with E-state index < -0.39 is 0 Å². The van der Waals surface area contributed by atoms with Gasteiger partial charge in [0.05, 0.1) is 12.2 Å². The second-order valence-electron chi connectivity index (χ2n) is 5.74. The SMILES string of the molecule is CC(=O)N(CCC(=O)NCc1ccccn1)c1cccc(C)c1C. The summed E-state index contributed by atoms with van der Waals surface area (Å²) < 4.78 is 0. The topological polar surface area (TPSA) is 62.3 Å². The summed E-state index contributed by atoms with van der Waals surface area (Å²) in [6, 6.07) is 11.4. The van der Waals surface area contributed by atoms with Gasteiger partial charge in [0.25, 0.3) is 0 Å². The van der Waals surface area contributed by atoms with E-state index in [-0.39, 0.29) is 18.2 Å². The molecular formula is C19H23N3O2. The normalized spacial score (nSPS) is 10.3. The van der Waals surface area contributed by atoms with Gasteiger partial charge in [-0.15, -0.1) is 0 Å². The van der Waals surface area contributed by atoms with Crippen LogP contribution < -0.4 is 10.2 Å². The Morgan fingerprint density at radius 2 is 1.92 bits per heavy atom. The molecule has 0 radical (unpaired) electrons. The standard InChI is InChI=1S/C19H23N3O2/c1-14-7-6-9-18(15(14)2)22(16(3)23)12-10-19(24)21-13-17-8-4-5-11-20-17/h4-9,11H,10,12-13H2,1-3H3,(H,21,24). The van der Waals surface area contributed by atoms with Crippen LogP contribution in [0.4, 0.5) is 5.69 Å². The van der Waals surface area contributed by atoms with Crippen molar-refractivity contribution in [1.82, 2.24) is 10.3 Å². The molecule has 0 saturated carbocycles. The summed E-state index contributed by atoms with van der Waals surface area (Å²) in [5.41, 5.74) is 3.85.